The summed E-state index contributed by atoms with van der Waals surface area (Å²) in [6, 6.07) is 7.57. The van der Waals surface area contributed by atoms with Crippen molar-refractivity contribution in [2.24, 2.45) is 0 Å². The quantitative estimate of drug-likeness (QED) is 0.582. The average molecular weight is 316 g/mol. The molecule has 0 aliphatic heterocycles. The highest BCUT2D eigenvalue weighted by Crippen LogP contribution is 2.15. The summed E-state index contributed by atoms with van der Waals surface area (Å²) in [5.74, 6) is 0. The maximum absolute atomic E-state index is 9.80. The van der Waals surface area contributed by atoms with Gasteiger partial charge in [-0.25, -0.2) is 0 Å². The molecule has 0 heterocycles. The van der Waals surface area contributed by atoms with Crippen LogP contribution < -0.4 is 5.32 Å². The minimum Gasteiger partial charge on any atom is -0.389 e. The van der Waals surface area contributed by atoms with E-state index < -0.39 is 6.10 Å². The van der Waals surface area contributed by atoms with Gasteiger partial charge in [-0.1, -0.05) is 29.8 Å². The Kier molecular flexibility index (Phi) is 10.5. The van der Waals surface area contributed by atoms with Crippen LogP contribution in [0.3, 0.4) is 0 Å². The van der Waals surface area contributed by atoms with Crippen molar-refractivity contribution in [1.29, 1.82) is 0 Å². The van der Waals surface area contributed by atoms with E-state index in [1.165, 1.54) is 0 Å². The second kappa shape index (κ2) is 12.0. The summed E-state index contributed by atoms with van der Waals surface area (Å²) in [5, 5.41) is 13.7. The maximum Gasteiger partial charge on any atom is 0.0897 e. The van der Waals surface area contributed by atoms with Gasteiger partial charge in [-0.15, -0.1) is 0 Å². The molecule has 0 fully saturated rings. The van der Waals surface area contributed by atoms with Gasteiger partial charge in [0.25, 0.3) is 0 Å². The van der Waals surface area contributed by atoms with Crippen molar-refractivity contribution in [3.63, 3.8) is 0 Å². The van der Waals surface area contributed by atoms with Crippen molar-refractivity contribution in [2.45, 2.75) is 32.0 Å². The molecule has 4 nitrogen and oxygen atoms in total. The molecular formula is C16H26ClNO3. The number of aliphatic hydroxyl groups is 1. The molecule has 120 valence electrons. The van der Waals surface area contributed by atoms with Gasteiger partial charge in [0, 0.05) is 25.3 Å². The van der Waals surface area contributed by atoms with E-state index in [9.17, 15) is 5.11 Å². The number of ether oxygens (including phenoxy) is 2. The van der Waals surface area contributed by atoms with Crippen LogP contribution in [-0.4, -0.2) is 44.6 Å². The fourth-order valence-electron chi connectivity index (χ4n) is 1.92. The van der Waals surface area contributed by atoms with Crippen LogP contribution in [0.1, 0.15) is 24.8 Å². The van der Waals surface area contributed by atoms with Crippen molar-refractivity contribution < 1.29 is 14.6 Å². The summed E-state index contributed by atoms with van der Waals surface area (Å²) < 4.78 is 10.5. The molecule has 1 atom stereocenters. The third kappa shape index (κ3) is 9.06. The number of benzene rings is 1. The van der Waals surface area contributed by atoms with E-state index in [0.717, 1.165) is 38.0 Å². The van der Waals surface area contributed by atoms with Crippen molar-refractivity contribution in [3.05, 3.63) is 34.9 Å². The second-order valence-electron chi connectivity index (χ2n) is 5.02. The summed E-state index contributed by atoms with van der Waals surface area (Å²) in [5.41, 5.74) is 0.942. The van der Waals surface area contributed by atoms with E-state index in [2.05, 4.69) is 5.32 Å². The van der Waals surface area contributed by atoms with Gasteiger partial charge in [0.2, 0.25) is 0 Å². The zero-order valence-corrected chi connectivity index (χ0v) is 13.4. The predicted octanol–water partition coefficient (Wildman–Crippen LogP) is 2.62. The average Bonchev–Trinajstić information content (AvgIpc) is 2.48. The van der Waals surface area contributed by atoms with Gasteiger partial charge in [-0.2, -0.15) is 0 Å². The Balaban J connectivity index is 1.99. The first-order valence-electron chi connectivity index (χ1n) is 7.43. The molecule has 1 aromatic carbocycles. The van der Waals surface area contributed by atoms with Crippen LogP contribution in [0, 0.1) is 0 Å². The van der Waals surface area contributed by atoms with Crippen LogP contribution >= 0.6 is 11.6 Å². The fraction of sp³-hybridized carbons (Fsp3) is 0.625. The molecule has 0 amide bonds. The molecule has 1 unspecified atom stereocenters. The lowest BCUT2D eigenvalue weighted by Gasteiger charge is -2.13. The van der Waals surface area contributed by atoms with Crippen molar-refractivity contribution in [3.8, 4) is 0 Å². The molecule has 0 radical (unpaired) electrons. The molecule has 1 rings (SSSR count). The third-order valence-electron chi connectivity index (χ3n) is 3.11. The summed E-state index contributed by atoms with van der Waals surface area (Å²) in [7, 11) is 1.72. The first kappa shape index (κ1) is 18.4. The summed E-state index contributed by atoms with van der Waals surface area (Å²) in [4.78, 5) is 0. The van der Waals surface area contributed by atoms with Crippen LogP contribution in [0.25, 0.3) is 0 Å². The van der Waals surface area contributed by atoms with Crippen LogP contribution in [0.15, 0.2) is 24.3 Å². The molecular weight excluding hydrogens is 290 g/mol. The van der Waals surface area contributed by atoms with Gasteiger partial charge >= 0.3 is 0 Å². The summed E-state index contributed by atoms with van der Waals surface area (Å²) in [6.45, 7) is 3.01. The van der Waals surface area contributed by atoms with Gasteiger partial charge in [-0.05, 0) is 37.4 Å². The number of unbranched alkanes of at least 4 members (excludes halogenated alkanes) is 2. The summed E-state index contributed by atoms with van der Waals surface area (Å²) in [6.07, 6.45) is 2.82. The van der Waals surface area contributed by atoms with Crippen LogP contribution in [-0.2, 0) is 16.1 Å². The number of nitrogens with one attached hydrogen (secondary N) is 1. The fourth-order valence-corrected chi connectivity index (χ4v) is 2.11. The number of halogens is 1. The van der Waals surface area contributed by atoms with Gasteiger partial charge in [0.15, 0.2) is 0 Å². The smallest absolute Gasteiger partial charge is 0.0897 e. The number of hydrogen-bond acceptors (Lipinski definition) is 4. The Morgan fingerprint density at radius 1 is 1.24 bits per heavy atom. The topological polar surface area (TPSA) is 50.7 Å². The maximum atomic E-state index is 9.80. The molecule has 21 heavy (non-hydrogen) atoms. The first-order chi connectivity index (χ1) is 10.2. The monoisotopic (exact) mass is 315 g/mol. The molecule has 5 heteroatoms. The van der Waals surface area contributed by atoms with E-state index in [1.54, 1.807) is 7.11 Å². The Hall–Kier alpha value is -0.650. The van der Waals surface area contributed by atoms with Gasteiger partial charge < -0.3 is 19.9 Å². The summed E-state index contributed by atoms with van der Waals surface area (Å²) >= 11 is 6.03. The largest absolute Gasteiger partial charge is 0.389 e. The Morgan fingerprint density at radius 3 is 2.81 bits per heavy atom. The third-order valence-corrected chi connectivity index (χ3v) is 3.48. The van der Waals surface area contributed by atoms with Gasteiger partial charge in [0.1, 0.15) is 0 Å². The van der Waals surface area contributed by atoms with Crippen LogP contribution in [0.4, 0.5) is 0 Å². The molecule has 2 N–H and O–H groups in total. The Labute approximate surface area is 132 Å². The van der Waals surface area contributed by atoms with Gasteiger partial charge in [-0.3, -0.25) is 0 Å². The van der Waals surface area contributed by atoms with Gasteiger partial charge in [0.05, 0.1) is 19.3 Å². The molecule has 0 aliphatic rings. The number of aliphatic hydroxyl groups excluding tert-OH is 1. The highest BCUT2D eigenvalue weighted by molar-refractivity contribution is 6.31. The highest BCUT2D eigenvalue weighted by atomic mass is 35.5. The lowest BCUT2D eigenvalue weighted by atomic mass is 10.2. The van der Waals surface area contributed by atoms with Crippen LogP contribution in [0.5, 0.6) is 0 Å². The Morgan fingerprint density at radius 2 is 2.05 bits per heavy atom. The number of rotatable bonds is 12. The second-order valence-corrected chi connectivity index (χ2v) is 5.43. The molecule has 0 aliphatic carbocycles. The van der Waals surface area contributed by atoms with E-state index in [1.807, 2.05) is 24.3 Å². The SMILES string of the molecule is COCCCCCNCC(O)COCc1ccccc1Cl. The predicted molar refractivity (Wildman–Crippen MR) is 85.7 cm³/mol. The van der Waals surface area contributed by atoms with E-state index in [-0.39, 0.29) is 0 Å². The Bertz CT molecular complexity index is 376. The van der Waals surface area contributed by atoms with Crippen molar-refractivity contribution in [2.75, 3.05) is 33.4 Å². The minimum absolute atomic E-state index is 0.307. The van der Waals surface area contributed by atoms with Crippen LogP contribution in [0.2, 0.25) is 5.02 Å². The van der Waals surface area contributed by atoms with E-state index >= 15 is 0 Å². The number of hydrogen-bond donors (Lipinski definition) is 2. The van der Waals surface area contributed by atoms with E-state index in [4.69, 9.17) is 21.1 Å². The van der Waals surface area contributed by atoms with Crippen molar-refractivity contribution >= 4 is 11.6 Å². The highest BCUT2D eigenvalue weighted by Gasteiger charge is 2.05. The minimum atomic E-state index is -0.494. The normalized spacial score (nSPS) is 12.5. The number of methoxy groups -OCH3 is 1. The molecule has 0 saturated carbocycles. The zero-order chi connectivity index (χ0) is 15.3. The first-order valence-corrected chi connectivity index (χ1v) is 7.80. The molecule has 0 saturated heterocycles. The lowest BCUT2D eigenvalue weighted by molar-refractivity contribution is 0.0289. The lowest BCUT2D eigenvalue weighted by Crippen LogP contribution is -2.31. The molecule has 0 spiro atoms. The van der Waals surface area contributed by atoms with E-state index in [0.29, 0.717) is 24.8 Å². The van der Waals surface area contributed by atoms with Crippen molar-refractivity contribution in [1.82, 2.24) is 5.32 Å². The standard InChI is InChI=1S/C16H26ClNO3/c1-20-10-6-2-5-9-18-11-15(19)13-21-12-14-7-3-4-8-16(14)17/h3-4,7-8,15,18-19H,2,5-6,9-13H2,1H3. The molecule has 0 bridgehead atoms. The molecule has 0 aromatic heterocycles. The zero-order valence-electron chi connectivity index (χ0n) is 12.7. The molecule has 1 aromatic rings.